The third-order valence-corrected chi connectivity index (χ3v) is 3.64. The summed E-state index contributed by atoms with van der Waals surface area (Å²) in [6.45, 7) is 9.74. The first-order valence-corrected chi connectivity index (χ1v) is 6.53. The van der Waals surface area contributed by atoms with Gasteiger partial charge in [0.1, 0.15) is 0 Å². The Morgan fingerprint density at radius 2 is 2.00 bits per heavy atom. The Morgan fingerprint density at radius 3 is 2.67 bits per heavy atom. The summed E-state index contributed by atoms with van der Waals surface area (Å²) < 4.78 is 0. The molecule has 0 bridgehead atoms. The number of anilines is 1. The Hall–Kier alpha value is -1.35. The lowest BCUT2D eigenvalue weighted by Crippen LogP contribution is -2.48. The molecule has 0 spiro atoms. The smallest absolute Gasteiger partial charge is 0.241 e. The maximum Gasteiger partial charge on any atom is 0.241 e. The summed E-state index contributed by atoms with van der Waals surface area (Å²) in [6.07, 6.45) is 0.964. The maximum atomic E-state index is 12.3. The van der Waals surface area contributed by atoms with Gasteiger partial charge in [0.2, 0.25) is 5.91 Å². The predicted octanol–water partition coefficient (Wildman–Crippen LogP) is 2.41. The van der Waals surface area contributed by atoms with Crippen molar-refractivity contribution in [2.75, 3.05) is 18.0 Å². The van der Waals surface area contributed by atoms with Crippen molar-refractivity contribution in [2.45, 2.75) is 39.7 Å². The molecular formula is C15H22N2O. The lowest BCUT2D eigenvalue weighted by Gasteiger charge is -2.38. The van der Waals surface area contributed by atoms with E-state index in [0.29, 0.717) is 6.54 Å². The second-order valence-electron chi connectivity index (χ2n) is 5.76. The van der Waals surface area contributed by atoms with Crippen molar-refractivity contribution in [1.29, 1.82) is 0 Å². The van der Waals surface area contributed by atoms with Gasteiger partial charge in [-0.3, -0.25) is 4.79 Å². The number of carbonyl (C=O) groups excluding carboxylic acids is 1. The highest BCUT2D eigenvalue weighted by atomic mass is 16.2. The molecule has 0 aromatic heterocycles. The molecule has 0 atom stereocenters. The van der Waals surface area contributed by atoms with E-state index in [1.165, 1.54) is 11.1 Å². The molecule has 0 unspecified atom stereocenters. The van der Waals surface area contributed by atoms with Crippen LogP contribution >= 0.6 is 0 Å². The van der Waals surface area contributed by atoms with Gasteiger partial charge in [-0.1, -0.05) is 17.7 Å². The van der Waals surface area contributed by atoms with Gasteiger partial charge >= 0.3 is 0 Å². The van der Waals surface area contributed by atoms with Crippen molar-refractivity contribution < 1.29 is 4.79 Å². The van der Waals surface area contributed by atoms with Crippen LogP contribution in [-0.2, 0) is 4.79 Å². The predicted molar refractivity (Wildman–Crippen MR) is 75.0 cm³/mol. The van der Waals surface area contributed by atoms with Crippen molar-refractivity contribution in [1.82, 2.24) is 5.32 Å². The van der Waals surface area contributed by atoms with E-state index in [4.69, 9.17) is 0 Å². The molecule has 1 N–H and O–H groups in total. The highest BCUT2D eigenvalue weighted by Gasteiger charge is 2.34. The fraction of sp³-hybridized carbons (Fsp3) is 0.533. The molecule has 0 radical (unpaired) electrons. The van der Waals surface area contributed by atoms with Crippen molar-refractivity contribution in [3.63, 3.8) is 0 Å². The molecule has 2 rings (SSSR count). The fourth-order valence-electron chi connectivity index (χ4n) is 2.63. The molecule has 0 saturated carbocycles. The molecule has 3 heteroatoms. The Balaban J connectivity index is 2.47. The monoisotopic (exact) mass is 246 g/mol. The number of nitrogens with one attached hydrogen (secondary N) is 1. The largest absolute Gasteiger partial charge is 0.308 e. The minimum absolute atomic E-state index is 0.138. The van der Waals surface area contributed by atoms with Crippen molar-refractivity contribution in [2.24, 2.45) is 0 Å². The molecule has 1 aliphatic rings. The van der Waals surface area contributed by atoms with Crippen molar-refractivity contribution in [3.05, 3.63) is 29.3 Å². The normalized spacial score (nSPS) is 19.8. The average Bonchev–Trinajstić information content (AvgIpc) is 2.39. The lowest BCUT2D eigenvalue weighted by atomic mass is 9.96. The summed E-state index contributed by atoms with van der Waals surface area (Å²) in [5.74, 6) is 0.157. The molecule has 98 valence electrons. The molecule has 1 aliphatic heterocycles. The van der Waals surface area contributed by atoms with E-state index in [9.17, 15) is 4.79 Å². The number of hydrogen-bond donors (Lipinski definition) is 1. The molecule has 1 heterocycles. The van der Waals surface area contributed by atoms with Crippen LogP contribution in [0.25, 0.3) is 0 Å². The van der Waals surface area contributed by atoms with Crippen molar-refractivity contribution in [3.8, 4) is 0 Å². The van der Waals surface area contributed by atoms with Gasteiger partial charge in [0.15, 0.2) is 0 Å². The van der Waals surface area contributed by atoms with Crippen LogP contribution in [-0.4, -0.2) is 24.5 Å². The van der Waals surface area contributed by atoms with E-state index in [2.05, 4.69) is 51.2 Å². The molecular weight excluding hydrogens is 224 g/mol. The zero-order valence-corrected chi connectivity index (χ0v) is 11.7. The number of nitrogens with zero attached hydrogens (tertiary/aromatic N) is 1. The van der Waals surface area contributed by atoms with Gasteiger partial charge < -0.3 is 10.2 Å². The van der Waals surface area contributed by atoms with Crippen LogP contribution in [0.3, 0.4) is 0 Å². The highest BCUT2D eigenvalue weighted by molar-refractivity contribution is 5.97. The van der Waals surface area contributed by atoms with Gasteiger partial charge in [0.05, 0.1) is 6.54 Å². The van der Waals surface area contributed by atoms with Gasteiger partial charge in [-0.15, -0.1) is 0 Å². The van der Waals surface area contributed by atoms with Crippen LogP contribution in [0.2, 0.25) is 0 Å². The quantitative estimate of drug-likeness (QED) is 0.825. The van der Waals surface area contributed by atoms with Crippen LogP contribution < -0.4 is 10.2 Å². The van der Waals surface area contributed by atoms with Gasteiger partial charge in [0.25, 0.3) is 0 Å². The summed E-state index contributed by atoms with van der Waals surface area (Å²) in [4.78, 5) is 14.3. The zero-order valence-electron chi connectivity index (χ0n) is 11.7. The van der Waals surface area contributed by atoms with Gasteiger partial charge in [-0.05, 0) is 52.3 Å². The fourth-order valence-corrected chi connectivity index (χ4v) is 2.63. The third-order valence-electron chi connectivity index (χ3n) is 3.64. The summed E-state index contributed by atoms with van der Waals surface area (Å²) >= 11 is 0. The second kappa shape index (κ2) is 4.73. The highest BCUT2D eigenvalue weighted by Crippen LogP contribution is 2.31. The van der Waals surface area contributed by atoms with E-state index < -0.39 is 0 Å². The molecule has 1 saturated heterocycles. The number of aryl methyl sites for hydroxylation is 2. The van der Waals surface area contributed by atoms with Crippen LogP contribution in [0.5, 0.6) is 0 Å². The number of carbonyl (C=O) groups is 1. The Labute approximate surface area is 109 Å². The first-order valence-electron chi connectivity index (χ1n) is 6.53. The van der Waals surface area contributed by atoms with Crippen LogP contribution in [0, 0.1) is 13.8 Å². The van der Waals surface area contributed by atoms with E-state index >= 15 is 0 Å². The molecule has 1 amide bonds. The van der Waals surface area contributed by atoms with Crippen LogP contribution in [0.4, 0.5) is 5.69 Å². The SMILES string of the molecule is Cc1ccc(N2C(=O)CNCCC2(C)C)c(C)c1. The standard InChI is InChI=1S/C15H22N2O/c1-11-5-6-13(12(2)9-11)17-14(18)10-16-8-7-15(17,3)4/h5-6,9,16H,7-8,10H2,1-4H3. The van der Waals surface area contributed by atoms with E-state index in [0.717, 1.165) is 18.7 Å². The summed E-state index contributed by atoms with van der Waals surface area (Å²) in [7, 11) is 0. The zero-order chi connectivity index (χ0) is 13.3. The Kier molecular flexibility index (Phi) is 3.44. The molecule has 18 heavy (non-hydrogen) atoms. The number of amides is 1. The minimum Gasteiger partial charge on any atom is -0.308 e. The summed E-state index contributed by atoms with van der Waals surface area (Å²) in [5, 5.41) is 3.19. The number of hydrogen-bond acceptors (Lipinski definition) is 2. The van der Waals surface area contributed by atoms with Crippen molar-refractivity contribution >= 4 is 11.6 Å². The summed E-state index contributed by atoms with van der Waals surface area (Å²) in [5.41, 5.74) is 3.30. The topological polar surface area (TPSA) is 32.3 Å². The first-order chi connectivity index (χ1) is 8.42. The van der Waals surface area contributed by atoms with Gasteiger partial charge in [-0.25, -0.2) is 0 Å². The van der Waals surface area contributed by atoms with Gasteiger partial charge in [-0.2, -0.15) is 0 Å². The molecule has 0 aliphatic carbocycles. The number of rotatable bonds is 1. The number of benzene rings is 1. The minimum atomic E-state index is -0.138. The molecule has 1 aromatic carbocycles. The molecule has 1 aromatic rings. The Bertz CT molecular complexity index is 466. The lowest BCUT2D eigenvalue weighted by molar-refractivity contribution is -0.118. The molecule has 1 fully saturated rings. The maximum absolute atomic E-state index is 12.3. The van der Waals surface area contributed by atoms with E-state index in [-0.39, 0.29) is 11.4 Å². The average molecular weight is 246 g/mol. The van der Waals surface area contributed by atoms with Gasteiger partial charge in [0, 0.05) is 11.2 Å². The van der Waals surface area contributed by atoms with Crippen LogP contribution in [0.1, 0.15) is 31.4 Å². The molecule has 3 nitrogen and oxygen atoms in total. The summed E-state index contributed by atoms with van der Waals surface area (Å²) in [6, 6.07) is 6.27. The Morgan fingerprint density at radius 1 is 1.28 bits per heavy atom. The van der Waals surface area contributed by atoms with Crippen LogP contribution in [0.15, 0.2) is 18.2 Å². The first kappa shape index (κ1) is 13.1. The second-order valence-corrected chi connectivity index (χ2v) is 5.76. The third kappa shape index (κ3) is 2.41. The van der Waals surface area contributed by atoms with E-state index in [1.807, 2.05) is 4.90 Å². The van der Waals surface area contributed by atoms with E-state index in [1.54, 1.807) is 0 Å².